The number of rotatable bonds is 5. The fourth-order valence-corrected chi connectivity index (χ4v) is 2.55. The van der Waals surface area contributed by atoms with Gasteiger partial charge in [0.15, 0.2) is 0 Å². The normalized spacial score (nSPS) is 15.9. The minimum atomic E-state index is -0.0407. The average Bonchev–Trinajstić information content (AvgIpc) is 2.76. The highest BCUT2D eigenvalue weighted by atomic mass is 16.1. The van der Waals surface area contributed by atoms with Gasteiger partial charge in [0.2, 0.25) is 0 Å². The first-order valence-electron chi connectivity index (χ1n) is 7.80. The Morgan fingerprint density at radius 2 is 1.95 bits per heavy atom. The van der Waals surface area contributed by atoms with Crippen LogP contribution in [-0.2, 0) is 0 Å². The molecule has 1 amide bonds. The molecule has 0 unspecified atom stereocenters. The molecule has 1 aromatic rings. The number of likely N-dealkylation sites (N-methyl/N-ethyl adjacent to an activating group) is 1. The Morgan fingerprint density at radius 1 is 1.24 bits per heavy atom. The molecule has 1 aromatic heterocycles. The summed E-state index contributed by atoms with van der Waals surface area (Å²) in [5.74, 6) is -0.0407. The number of carbonyl (C=O) groups is 1. The van der Waals surface area contributed by atoms with Gasteiger partial charge >= 0.3 is 0 Å². The Morgan fingerprint density at radius 3 is 2.62 bits per heavy atom. The third-order valence-corrected chi connectivity index (χ3v) is 3.80. The van der Waals surface area contributed by atoms with Crippen molar-refractivity contribution in [2.24, 2.45) is 0 Å². The van der Waals surface area contributed by atoms with E-state index in [1.54, 1.807) is 6.20 Å². The maximum absolute atomic E-state index is 12.1. The van der Waals surface area contributed by atoms with Gasteiger partial charge in [0.1, 0.15) is 0 Å². The van der Waals surface area contributed by atoms with Crippen molar-refractivity contribution in [3.8, 4) is 0 Å². The van der Waals surface area contributed by atoms with Crippen LogP contribution in [0.4, 0.5) is 5.69 Å². The summed E-state index contributed by atoms with van der Waals surface area (Å²) in [7, 11) is 3.99. The zero-order valence-corrected chi connectivity index (χ0v) is 13.1. The molecule has 1 aliphatic rings. The summed E-state index contributed by atoms with van der Waals surface area (Å²) in [6, 6.07) is 1.96. The first kappa shape index (κ1) is 15.8. The molecule has 0 saturated carbocycles. The molecule has 116 valence electrons. The summed E-state index contributed by atoms with van der Waals surface area (Å²) in [4.78, 5) is 20.8. The number of aromatic nitrogens is 1. The zero-order valence-electron chi connectivity index (χ0n) is 13.1. The number of amides is 1. The molecule has 1 fully saturated rings. The molecule has 0 spiro atoms. The topological polar surface area (TPSA) is 48.5 Å². The van der Waals surface area contributed by atoms with Gasteiger partial charge in [-0.15, -0.1) is 0 Å². The molecule has 1 N–H and O–H groups in total. The van der Waals surface area contributed by atoms with Crippen LogP contribution >= 0.6 is 0 Å². The van der Waals surface area contributed by atoms with Crippen molar-refractivity contribution in [3.63, 3.8) is 0 Å². The predicted octanol–water partition coefficient (Wildman–Crippen LogP) is 1.75. The summed E-state index contributed by atoms with van der Waals surface area (Å²) >= 11 is 0. The van der Waals surface area contributed by atoms with Crippen LogP contribution < -0.4 is 10.2 Å². The minimum absolute atomic E-state index is 0.0407. The van der Waals surface area contributed by atoms with E-state index in [0.29, 0.717) is 12.1 Å². The third kappa shape index (κ3) is 5.01. The van der Waals surface area contributed by atoms with Gasteiger partial charge in [-0.05, 0) is 33.0 Å². The van der Waals surface area contributed by atoms with Gasteiger partial charge in [0, 0.05) is 32.4 Å². The van der Waals surface area contributed by atoms with Gasteiger partial charge < -0.3 is 15.1 Å². The number of anilines is 1. The molecule has 2 rings (SSSR count). The Bertz CT molecular complexity index is 453. The first-order chi connectivity index (χ1) is 10.2. The van der Waals surface area contributed by atoms with E-state index in [4.69, 9.17) is 0 Å². The lowest BCUT2D eigenvalue weighted by Gasteiger charge is -2.22. The fraction of sp³-hybridized carbons (Fsp3) is 0.625. The van der Waals surface area contributed by atoms with Gasteiger partial charge in [-0.1, -0.05) is 12.8 Å². The second-order valence-corrected chi connectivity index (χ2v) is 5.89. The minimum Gasteiger partial charge on any atom is -0.370 e. The molecule has 2 heterocycles. The molecular weight excluding hydrogens is 264 g/mol. The monoisotopic (exact) mass is 290 g/mol. The standard InChI is InChI=1S/C16H26N4O/c1-19(2)10-7-18-16(21)14-11-15(13-17-12-14)20-8-5-3-4-6-9-20/h11-13H,3-10H2,1-2H3,(H,18,21). The molecule has 0 atom stereocenters. The van der Waals surface area contributed by atoms with Crippen LogP contribution in [0.5, 0.6) is 0 Å². The van der Waals surface area contributed by atoms with Gasteiger partial charge in [0.25, 0.3) is 5.91 Å². The molecule has 0 bridgehead atoms. The van der Waals surface area contributed by atoms with Gasteiger partial charge in [-0.25, -0.2) is 0 Å². The van der Waals surface area contributed by atoms with E-state index in [1.807, 2.05) is 31.3 Å². The highest BCUT2D eigenvalue weighted by Crippen LogP contribution is 2.19. The maximum Gasteiger partial charge on any atom is 0.252 e. The average molecular weight is 290 g/mol. The van der Waals surface area contributed by atoms with Crippen LogP contribution in [0.1, 0.15) is 36.0 Å². The Kier molecular flexibility index (Phi) is 5.99. The second-order valence-electron chi connectivity index (χ2n) is 5.89. The largest absolute Gasteiger partial charge is 0.370 e. The van der Waals surface area contributed by atoms with Crippen molar-refractivity contribution >= 4 is 11.6 Å². The first-order valence-corrected chi connectivity index (χ1v) is 7.80. The summed E-state index contributed by atoms with van der Waals surface area (Å²) in [5, 5.41) is 2.93. The molecule has 0 aliphatic carbocycles. The van der Waals surface area contributed by atoms with E-state index >= 15 is 0 Å². The Hall–Kier alpha value is -1.62. The molecule has 21 heavy (non-hydrogen) atoms. The molecule has 5 heteroatoms. The summed E-state index contributed by atoms with van der Waals surface area (Å²) in [6.07, 6.45) is 8.55. The quantitative estimate of drug-likeness (QED) is 0.897. The van der Waals surface area contributed by atoms with Gasteiger partial charge in [-0.2, -0.15) is 0 Å². The lowest BCUT2D eigenvalue weighted by molar-refractivity contribution is 0.0950. The van der Waals surface area contributed by atoms with E-state index in [-0.39, 0.29) is 5.91 Å². The van der Waals surface area contributed by atoms with Crippen LogP contribution in [0.3, 0.4) is 0 Å². The van der Waals surface area contributed by atoms with Crippen LogP contribution in [0.25, 0.3) is 0 Å². The Balaban J connectivity index is 1.97. The summed E-state index contributed by atoms with van der Waals surface area (Å²) < 4.78 is 0. The van der Waals surface area contributed by atoms with Crippen LogP contribution in [0.15, 0.2) is 18.5 Å². The van der Waals surface area contributed by atoms with E-state index in [1.165, 1.54) is 25.7 Å². The Labute approximate surface area is 127 Å². The van der Waals surface area contributed by atoms with Crippen molar-refractivity contribution in [1.82, 2.24) is 15.2 Å². The third-order valence-electron chi connectivity index (χ3n) is 3.80. The molecule has 1 aliphatic heterocycles. The fourth-order valence-electron chi connectivity index (χ4n) is 2.55. The predicted molar refractivity (Wildman–Crippen MR) is 85.8 cm³/mol. The second kappa shape index (κ2) is 7.98. The number of carbonyl (C=O) groups excluding carboxylic acids is 1. The molecule has 5 nitrogen and oxygen atoms in total. The van der Waals surface area contributed by atoms with Crippen LogP contribution in [-0.4, -0.2) is 56.1 Å². The van der Waals surface area contributed by atoms with Crippen molar-refractivity contribution in [2.75, 3.05) is 45.2 Å². The summed E-state index contributed by atoms with van der Waals surface area (Å²) in [5.41, 5.74) is 1.72. The number of hydrogen-bond acceptors (Lipinski definition) is 4. The van der Waals surface area contributed by atoms with Crippen molar-refractivity contribution in [3.05, 3.63) is 24.0 Å². The van der Waals surface area contributed by atoms with Crippen molar-refractivity contribution in [2.45, 2.75) is 25.7 Å². The summed E-state index contributed by atoms with van der Waals surface area (Å²) in [6.45, 7) is 3.62. The molecule has 0 radical (unpaired) electrons. The molecule has 1 saturated heterocycles. The van der Waals surface area contributed by atoms with E-state index in [9.17, 15) is 4.79 Å². The van der Waals surface area contributed by atoms with Crippen LogP contribution in [0, 0.1) is 0 Å². The van der Waals surface area contributed by atoms with Gasteiger partial charge in [-0.3, -0.25) is 9.78 Å². The van der Waals surface area contributed by atoms with Crippen molar-refractivity contribution in [1.29, 1.82) is 0 Å². The van der Waals surface area contributed by atoms with Crippen molar-refractivity contribution < 1.29 is 4.79 Å². The number of pyridine rings is 1. The SMILES string of the molecule is CN(C)CCNC(=O)c1cncc(N2CCCCCC2)c1. The highest BCUT2D eigenvalue weighted by Gasteiger charge is 2.13. The van der Waals surface area contributed by atoms with E-state index < -0.39 is 0 Å². The maximum atomic E-state index is 12.1. The highest BCUT2D eigenvalue weighted by molar-refractivity contribution is 5.94. The molecular formula is C16H26N4O. The van der Waals surface area contributed by atoms with Crippen LogP contribution in [0.2, 0.25) is 0 Å². The number of nitrogens with zero attached hydrogens (tertiary/aromatic N) is 3. The number of hydrogen-bond donors (Lipinski definition) is 1. The van der Waals surface area contributed by atoms with E-state index in [0.717, 1.165) is 25.3 Å². The smallest absolute Gasteiger partial charge is 0.252 e. The lowest BCUT2D eigenvalue weighted by atomic mass is 10.2. The number of nitrogens with one attached hydrogen (secondary N) is 1. The lowest BCUT2D eigenvalue weighted by Crippen LogP contribution is -2.31. The molecule has 0 aromatic carbocycles. The van der Waals surface area contributed by atoms with Gasteiger partial charge in [0.05, 0.1) is 17.4 Å². The van der Waals surface area contributed by atoms with E-state index in [2.05, 4.69) is 15.2 Å². The zero-order chi connectivity index (χ0) is 15.1.